The van der Waals surface area contributed by atoms with E-state index in [1.54, 1.807) is 0 Å². The zero-order chi connectivity index (χ0) is 14.1. The minimum atomic E-state index is 0.577. The molecule has 1 N–H and O–H groups in total. The first-order valence-corrected chi connectivity index (χ1v) is 7.69. The average molecular weight is 263 g/mol. The van der Waals surface area contributed by atoms with Crippen molar-refractivity contribution < 1.29 is 0 Å². The number of anilines is 2. The summed E-state index contributed by atoms with van der Waals surface area (Å²) in [5, 5.41) is 3.36. The summed E-state index contributed by atoms with van der Waals surface area (Å²) in [6.07, 6.45) is 6.68. The first-order chi connectivity index (χ1) is 9.22. The highest BCUT2D eigenvalue weighted by Gasteiger charge is 2.13. The lowest BCUT2D eigenvalue weighted by atomic mass is 10.1. The van der Waals surface area contributed by atoms with Gasteiger partial charge in [-0.1, -0.05) is 27.2 Å². The van der Waals surface area contributed by atoms with Crippen molar-refractivity contribution in [1.29, 1.82) is 0 Å². The van der Waals surface area contributed by atoms with Crippen molar-refractivity contribution in [3.05, 3.63) is 18.3 Å². The van der Waals surface area contributed by atoms with Gasteiger partial charge < -0.3 is 10.2 Å². The molecule has 0 amide bonds. The van der Waals surface area contributed by atoms with Crippen LogP contribution in [-0.4, -0.2) is 24.1 Å². The zero-order valence-corrected chi connectivity index (χ0v) is 12.9. The summed E-state index contributed by atoms with van der Waals surface area (Å²) in [6.45, 7) is 11.1. The lowest BCUT2D eigenvalue weighted by molar-refractivity contribution is 0.595. The summed E-state index contributed by atoms with van der Waals surface area (Å²) < 4.78 is 0. The highest BCUT2D eigenvalue weighted by molar-refractivity contribution is 5.54. The first kappa shape index (κ1) is 15.8. The molecule has 0 fully saturated rings. The van der Waals surface area contributed by atoms with Crippen LogP contribution in [0.2, 0.25) is 0 Å². The minimum Gasteiger partial charge on any atom is -0.370 e. The standard InChI is InChI=1S/C16H29N3/c1-5-8-12-19(14(4)7-3)15-9-11-18-16(13-15)17-10-6-2/h9,11,13-14H,5-8,10,12H2,1-4H3,(H,17,18). The van der Waals surface area contributed by atoms with E-state index < -0.39 is 0 Å². The number of nitrogens with one attached hydrogen (secondary N) is 1. The molecule has 0 spiro atoms. The van der Waals surface area contributed by atoms with E-state index in [1.165, 1.54) is 24.9 Å². The van der Waals surface area contributed by atoms with Crippen molar-refractivity contribution in [2.24, 2.45) is 0 Å². The number of aromatic nitrogens is 1. The van der Waals surface area contributed by atoms with E-state index in [0.29, 0.717) is 6.04 Å². The molecule has 0 aromatic carbocycles. The van der Waals surface area contributed by atoms with Crippen molar-refractivity contribution in [2.75, 3.05) is 23.3 Å². The third kappa shape index (κ3) is 5.09. The Kier molecular flexibility index (Phi) is 7.31. The van der Waals surface area contributed by atoms with Crippen molar-refractivity contribution in [3.8, 4) is 0 Å². The van der Waals surface area contributed by atoms with Crippen LogP contribution in [0.3, 0.4) is 0 Å². The van der Waals surface area contributed by atoms with Gasteiger partial charge in [0.2, 0.25) is 0 Å². The van der Waals surface area contributed by atoms with Gasteiger partial charge in [-0.15, -0.1) is 0 Å². The Morgan fingerprint density at radius 3 is 2.68 bits per heavy atom. The lowest BCUT2D eigenvalue weighted by Crippen LogP contribution is -2.33. The summed E-state index contributed by atoms with van der Waals surface area (Å²) in [6, 6.07) is 4.88. The van der Waals surface area contributed by atoms with E-state index in [9.17, 15) is 0 Å². The average Bonchev–Trinajstić information content (AvgIpc) is 2.45. The fraction of sp³-hybridized carbons (Fsp3) is 0.688. The number of rotatable bonds is 9. The molecular weight excluding hydrogens is 234 g/mol. The maximum atomic E-state index is 4.39. The third-order valence-corrected chi connectivity index (χ3v) is 3.51. The van der Waals surface area contributed by atoms with Gasteiger partial charge in [0, 0.05) is 37.1 Å². The van der Waals surface area contributed by atoms with Crippen molar-refractivity contribution >= 4 is 11.5 Å². The predicted octanol–water partition coefficient (Wildman–Crippen LogP) is 4.31. The first-order valence-electron chi connectivity index (χ1n) is 7.69. The second-order valence-corrected chi connectivity index (χ2v) is 5.13. The molecule has 0 aliphatic carbocycles. The van der Waals surface area contributed by atoms with E-state index in [4.69, 9.17) is 0 Å². The molecule has 1 aromatic rings. The van der Waals surface area contributed by atoms with Gasteiger partial charge in [0.25, 0.3) is 0 Å². The fourth-order valence-corrected chi connectivity index (χ4v) is 2.10. The maximum absolute atomic E-state index is 4.39. The van der Waals surface area contributed by atoms with Crippen molar-refractivity contribution in [2.45, 2.75) is 59.4 Å². The predicted molar refractivity (Wildman–Crippen MR) is 85.0 cm³/mol. The van der Waals surface area contributed by atoms with Crippen LogP contribution in [0.25, 0.3) is 0 Å². The topological polar surface area (TPSA) is 28.2 Å². The molecule has 1 aromatic heterocycles. The molecule has 0 radical (unpaired) electrons. The largest absolute Gasteiger partial charge is 0.370 e. The van der Waals surface area contributed by atoms with Gasteiger partial charge in [-0.3, -0.25) is 0 Å². The van der Waals surface area contributed by atoms with Crippen LogP contribution in [0.15, 0.2) is 18.3 Å². The van der Waals surface area contributed by atoms with Gasteiger partial charge in [-0.25, -0.2) is 4.98 Å². The van der Waals surface area contributed by atoms with Gasteiger partial charge in [0.15, 0.2) is 0 Å². The smallest absolute Gasteiger partial charge is 0.127 e. The molecule has 0 saturated carbocycles. The molecule has 1 heterocycles. The monoisotopic (exact) mass is 263 g/mol. The maximum Gasteiger partial charge on any atom is 0.127 e. The second-order valence-electron chi connectivity index (χ2n) is 5.13. The van der Waals surface area contributed by atoms with E-state index in [-0.39, 0.29) is 0 Å². The Hall–Kier alpha value is -1.25. The Labute approximate surface area is 118 Å². The number of unbranched alkanes of at least 4 members (excludes halogenated alkanes) is 1. The van der Waals surface area contributed by atoms with E-state index in [2.05, 4.69) is 55.0 Å². The fourth-order valence-electron chi connectivity index (χ4n) is 2.10. The molecule has 0 aliphatic heterocycles. The molecule has 19 heavy (non-hydrogen) atoms. The Morgan fingerprint density at radius 2 is 2.05 bits per heavy atom. The van der Waals surface area contributed by atoms with Crippen LogP contribution in [0.1, 0.15) is 53.4 Å². The van der Waals surface area contributed by atoms with Crippen LogP contribution < -0.4 is 10.2 Å². The van der Waals surface area contributed by atoms with Gasteiger partial charge in [0.1, 0.15) is 5.82 Å². The summed E-state index contributed by atoms with van der Waals surface area (Å²) in [5.41, 5.74) is 1.29. The highest BCUT2D eigenvalue weighted by atomic mass is 15.2. The number of pyridine rings is 1. The third-order valence-electron chi connectivity index (χ3n) is 3.51. The van der Waals surface area contributed by atoms with Gasteiger partial charge in [0.05, 0.1) is 0 Å². The van der Waals surface area contributed by atoms with Crippen LogP contribution >= 0.6 is 0 Å². The molecule has 0 saturated heterocycles. The van der Waals surface area contributed by atoms with E-state index >= 15 is 0 Å². The number of hydrogen-bond acceptors (Lipinski definition) is 3. The summed E-state index contributed by atoms with van der Waals surface area (Å²) in [5.74, 6) is 0.990. The quantitative estimate of drug-likeness (QED) is 0.719. The zero-order valence-electron chi connectivity index (χ0n) is 12.9. The lowest BCUT2D eigenvalue weighted by Gasteiger charge is -2.31. The van der Waals surface area contributed by atoms with Crippen LogP contribution in [0.5, 0.6) is 0 Å². The SMILES string of the molecule is CCCCN(c1ccnc(NCCC)c1)C(C)CC. The highest BCUT2D eigenvalue weighted by Crippen LogP contribution is 2.21. The Morgan fingerprint density at radius 1 is 1.26 bits per heavy atom. The summed E-state index contributed by atoms with van der Waals surface area (Å²) >= 11 is 0. The normalized spacial score (nSPS) is 12.2. The van der Waals surface area contributed by atoms with Gasteiger partial charge in [-0.05, 0) is 32.3 Å². The van der Waals surface area contributed by atoms with Crippen LogP contribution in [0.4, 0.5) is 11.5 Å². The number of nitrogens with zero attached hydrogens (tertiary/aromatic N) is 2. The molecule has 3 heteroatoms. The van der Waals surface area contributed by atoms with Crippen molar-refractivity contribution in [1.82, 2.24) is 4.98 Å². The van der Waals surface area contributed by atoms with Crippen molar-refractivity contribution in [3.63, 3.8) is 0 Å². The Balaban J connectivity index is 2.81. The van der Waals surface area contributed by atoms with Crippen LogP contribution in [0, 0.1) is 0 Å². The summed E-state index contributed by atoms with van der Waals surface area (Å²) in [4.78, 5) is 6.89. The van der Waals surface area contributed by atoms with Gasteiger partial charge >= 0.3 is 0 Å². The Bertz CT molecular complexity index is 352. The van der Waals surface area contributed by atoms with E-state index in [1.807, 2.05) is 6.20 Å². The summed E-state index contributed by atoms with van der Waals surface area (Å²) in [7, 11) is 0. The second kappa shape index (κ2) is 8.78. The number of hydrogen-bond donors (Lipinski definition) is 1. The molecule has 0 aliphatic rings. The molecule has 3 nitrogen and oxygen atoms in total. The van der Waals surface area contributed by atoms with Gasteiger partial charge in [-0.2, -0.15) is 0 Å². The van der Waals surface area contributed by atoms with Crippen LogP contribution in [-0.2, 0) is 0 Å². The molecule has 0 bridgehead atoms. The minimum absolute atomic E-state index is 0.577. The molecule has 108 valence electrons. The molecular formula is C16H29N3. The molecule has 1 atom stereocenters. The van der Waals surface area contributed by atoms with E-state index in [0.717, 1.165) is 25.3 Å². The molecule has 1 rings (SSSR count). The molecule has 1 unspecified atom stereocenters.